The van der Waals surface area contributed by atoms with E-state index < -0.39 is 35.5 Å². The van der Waals surface area contributed by atoms with Gasteiger partial charge in [-0.15, -0.1) is 10.2 Å². The third-order valence-electron chi connectivity index (χ3n) is 12.1. The van der Waals surface area contributed by atoms with Gasteiger partial charge in [0.2, 0.25) is 0 Å². The highest BCUT2D eigenvalue weighted by molar-refractivity contribution is 6.01. The molecular formula is C48H44F3N9O7. The molecule has 2 aliphatic carbocycles. The molecule has 0 radical (unpaired) electrons. The Balaban J connectivity index is 0.702. The van der Waals surface area contributed by atoms with Crippen LogP contribution >= 0.6 is 0 Å². The fourth-order valence-corrected chi connectivity index (χ4v) is 8.48. The first-order chi connectivity index (χ1) is 32.3. The van der Waals surface area contributed by atoms with Crippen molar-refractivity contribution in [3.8, 4) is 6.07 Å². The highest BCUT2D eigenvalue weighted by atomic mass is 19.4. The van der Waals surface area contributed by atoms with Crippen molar-refractivity contribution in [3.05, 3.63) is 131 Å². The van der Waals surface area contributed by atoms with Gasteiger partial charge in [0, 0.05) is 35.6 Å². The number of carbonyl (C=O) groups excluding carboxylic acids is 4. The Morgan fingerprint density at radius 3 is 1.34 bits per heavy atom. The Labute approximate surface area is 381 Å². The normalized spacial score (nSPS) is 18.2. The minimum Gasteiger partial charge on any atom is -0.399 e. The number of esters is 2. The van der Waals surface area contributed by atoms with Crippen molar-refractivity contribution in [2.24, 2.45) is 11.8 Å². The van der Waals surface area contributed by atoms with Crippen molar-refractivity contribution >= 4 is 58.5 Å². The predicted octanol–water partition coefficient (Wildman–Crippen LogP) is 10.4. The third kappa shape index (κ3) is 12.3. The number of alkyl halides is 3. The van der Waals surface area contributed by atoms with E-state index in [9.17, 15) is 32.3 Å². The molecule has 0 saturated heterocycles. The molecule has 6 aromatic rings. The lowest BCUT2D eigenvalue weighted by Crippen LogP contribution is -2.22. The molecule has 16 nitrogen and oxygen atoms in total. The number of amides is 2. The number of nitrogens with zero attached hydrogens (tertiary/aromatic N) is 5. The molecule has 67 heavy (non-hydrogen) atoms. The number of hydrogen-bond donors (Lipinski definition) is 4. The topological polar surface area (TPSA) is 227 Å². The van der Waals surface area contributed by atoms with Crippen LogP contribution in [0.15, 0.2) is 106 Å². The van der Waals surface area contributed by atoms with Crippen LogP contribution in [0.1, 0.15) is 120 Å². The molecular weight excluding hydrogens is 872 g/mol. The number of nitriles is 1. The fraction of sp³-hybridized carbons (Fsp3) is 0.312. The molecule has 0 atom stereocenters. The number of ether oxygens (including phenoxy) is 1. The monoisotopic (exact) mass is 915 g/mol. The Hall–Kier alpha value is -7.88. The van der Waals surface area contributed by atoms with Crippen LogP contribution in [0.5, 0.6) is 0 Å². The van der Waals surface area contributed by atoms with Crippen LogP contribution in [-0.2, 0) is 20.5 Å². The molecule has 2 aromatic heterocycles. The highest BCUT2D eigenvalue weighted by Crippen LogP contribution is 2.39. The lowest BCUT2D eigenvalue weighted by atomic mass is 9.77. The Morgan fingerprint density at radius 2 is 0.955 bits per heavy atom. The summed E-state index contributed by atoms with van der Waals surface area (Å²) in [5.74, 6) is -1.90. The van der Waals surface area contributed by atoms with Gasteiger partial charge in [-0.2, -0.15) is 18.4 Å². The summed E-state index contributed by atoms with van der Waals surface area (Å²) in [6.45, 7) is 0. The summed E-state index contributed by atoms with van der Waals surface area (Å²) in [5, 5.41) is 35.1. The first kappa shape index (κ1) is 45.7. The van der Waals surface area contributed by atoms with Crippen LogP contribution in [0.3, 0.4) is 0 Å². The summed E-state index contributed by atoms with van der Waals surface area (Å²) < 4.78 is 54.6. The fourth-order valence-electron chi connectivity index (χ4n) is 8.48. The molecule has 2 heterocycles. The zero-order chi connectivity index (χ0) is 46.9. The second-order valence-corrected chi connectivity index (χ2v) is 16.7. The first-order valence-electron chi connectivity index (χ1n) is 21.8. The molecule has 8 rings (SSSR count). The molecule has 4 aromatic carbocycles. The largest absolute Gasteiger partial charge is 0.416 e. The van der Waals surface area contributed by atoms with Crippen molar-refractivity contribution in [1.82, 2.24) is 20.4 Å². The van der Waals surface area contributed by atoms with E-state index >= 15 is 0 Å². The second-order valence-electron chi connectivity index (χ2n) is 16.7. The van der Waals surface area contributed by atoms with Gasteiger partial charge in [-0.1, -0.05) is 34.5 Å². The lowest BCUT2D eigenvalue weighted by molar-refractivity contribution is -0.161. The van der Waals surface area contributed by atoms with Gasteiger partial charge in [0.15, 0.2) is 0 Å². The number of aromatic nitrogens is 4. The van der Waals surface area contributed by atoms with Crippen LogP contribution < -0.4 is 21.3 Å². The van der Waals surface area contributed by atoms with Gasteiger partial charge in [-0.25, -0.2) is 0 Å². The van der Waals surface area contributed by atoms with Crippen LogP contribution in [-0.4, -0.2) is 44.1 Å². The smallest absolute Gasteiger partial charge is 0.399 e. The van der Waals surface area contributed by atoms with Crippen LogP contribution in [0.4, 0.5) is 48.0 Å². The zero-order valence-electron chi connectivity index (χ0n) is 35.8. The van der Waals surface area contributed by atoms with E-state index in [-0.39, 0.29) is 60.1 Å². The molecule has 0 unspecified atom stereocenters. The van der Waals surface area contributed by atoms with Gasteiger partial charge in [-0.3, -0.25) is 19.2 Å². The second kappa shape index (κ2) is 20.5. The molecule has 2 fully saturated rings. The maximum atomic E-state index is 12.8. The van der Waals surface area contributed by atoms with Gasteiger partial charge < -0.3 is 34.8 Å². The summed E-state index contributed by atoms with van der Waals surface area (Å²) in [6.07, 6.45) is 2.68. The molecule has 0 spiro atoms. The number of hydrogen-bond acceptors (Lipinski definition) is 14. The molecule has 19 heteroatoms. The van der Waals surface area contributed by atoms with E-state index in [4.69, 9.17) is 18.8 Å². The van der Waals surface area contributed by atoms with Crippen molar-refractivity contribution in [2.45, 2.75) is 82.2 Å². The van der Waals surface area contributed by atoms with Gasteiger partial charge in [-0.05, 0) is 159 Å². The summed E-state index contributed by atoms with van der Waals surface area (Å²) in [4.78, 5) is 51.1. The molecule has 2 amide bonds. The third-order valence-corrected chi connectivity index (χ3v) is 12.1. The van der Waals surface area contributed by atoms with Crippen LogP contribution in [0.2, 0.25) is 0 Å². The number of rotatable bonds is 14. The highest BCUT2D eigenvalue weighted by Gasteiger charge is 2.31. The Bertz CT molecular complexity index is 2720. The summed E-state index contributed by atoms with van der Waals surface area (Å²) in [5.41, 5.74) is 3.90. The molecule has 344 valence electrons. The van der Waals surface area contributed by atoms with Crippen LogP contribution in [0.25, 0.3) is 0 Å². The molecule has 0 bridgehead atoms. The quantitative estimate of drug-likeness (QED) is 0.0589. The number of nitrogens with one attached hydrogen (secondary N) is 4. The van der Waals surface area contributed by atoms with Crippen molar-refractivity contribution < 1.29 is 45.9 Å². The zero-order valence-corrected chi connectivity index (χ0v) is 35.8. The minimum absolute atomic E-state index is 0.0359. The standard InChI is InChI=1S/C48H44F3N9O7/c49-48(50,51)35-15-23-39(24-16-35)56-47-60-58-45(67-47)43(64)54-37-21-13-34(14-22-37)32-9-3-29(4-10-32)26-41(62)65-40(61)25-28-1-7-31(8-2-28)33-11-19-36(20-12-33)53-42(63)44-57-59-46(66-44)55-38-17-5-30(27-52)6-18-38/h5-6,11-24,28-29,31-32H,1-4,7-10,25-26H2,(H,53,63)(H,54,64)(H,55,59)(H,56,60). The van der Waals surface area contributed by atoms with Gasteiger partial charge in [0.25, 0.3) is 0 Å². The van der Waals surface area contributed by atoms with E-state index in [1.165, 1.54) is 12.1 Å². The predicted molar refractivity (Wildman–Crippen MR) is 236 cm³/mol. The SMILES string of the molecule is N#Cc1ccc(Nc2nnc(C(=O)Nc3ccc(C4CCC(CC(=O)OC(=O)CC5CCC(c6ccc(NC(=O)c7nnc(Nc8ccc(C(F)(F)F)cc8)o7)cc6)CC5)CC4)cc3)o2)cc1. The van der Waals surface area contributed by atoms with Crippen LogP contribution in [0, 0.1) is 23.2 Å². The number of halogens is 3. The summed E-state index contributed by atoms with van der Waals surface area (Å²) >= 11 is 0. The van der Waals surface area contributed by atoms with E-state index in [0.717, 1.165) is 74.6 Å². The van der Waals surface area contributed by atoms with Crippen molar-refractivity contribution in [2.75, 3.05) is 21.3 Å². The van der Waals surface area contributed by atoms with E-state index in [1.54, 1.807) is 36.4 Å². The summed E-state index contributed by atoms with van der Waals surface area (Å²) in [6, 6.07) is 27.8. The van der Waals surface area contributed by atoms with Gasteiger partial charge in [0.1, 0.15) is 0 Å². The van der Waals surface area contributed by atoms with Crippen molar-refractivity contribution in [1.29, 1.82) is 5.26 Å². The lowest BCUT2D eigenvalue weighted by Gasteiger charge is -2.29. The van der Waals surface area contributed by atoms with E-state index in [0.29, 0.717) is 28.5 Å². The number of carbonyl (C=O) groups is 4. The minimum atomic E-state index is -4.47. The maximum absolute atomic E-state index is 12.8. The van der Waals surface area contributed by atoms with E-state index in [1.807, 2.05) is 42.5 Å². The van der Waals surface area contributed by atoms with Gasteiger partial charge >= 0.3 is 53.7 Å². The molecule has 0 aliphatic heterocycles. The molecule has 4 N–H and O–H groups in total. The van der Waals surface area contributed by atoms with E-state index in [2.05, 4.69) is 41.7 Å². The Kier molecular flexibility index (Phi) is 14.0. The average molecular weight is 916 g/mol. The maximum Gasteiger partial charge on any atom is 0.416 e. The average Bonchev–Trinajstić information content (AvgIpc) is 4.01. The Morgan fingerprint density at radius 1 is 0.567 bits per heavy atom. The van der Waals surface area contributed by atoms with Gasteiger partial charge in [0.05, 0.1) is 17.2 Å². The number of benzene rings is 4. The number of anilines is 6. The van der Waals surface area contributed by atoms with Crippen molar-refractivity contribution in [3.63, 3.8) is 0 Å². The molecule has 2 saturated carbocycles. The first-order valence-corrected chi connectivity index (χ1v) is 21.8. The summed E-state index contributed by atoms with van der Waals surface area (Å²) in [7, 11) is 0. The molecule has 2 aliphatic rings.